The summed E-state index contributed by atoms with van der Waals surface area (Å²) >= 11 is 0. The van der Waals surface area contributed by atoms with E-state index in [1.807, 2.05) is 30.3 Å². The molecular formula is C11H13NO2. The van der Waals surface area contributed by atoms with Crippen LogP contribution in [0.5, 0.6) is 0 Å². The lowest BCUT2D eigenvalue weighted by atomic mass is 10.1. The van der Waals surface area contributed by atoms with Gasteiger partial charge in [0.25, 0.3) is 5.91 Å². The van der Waals surface area contributed by atoms with E-state index in [0.717, 1.165) is 5.56 Å². The van der Waals surface area contributed by atoms with E-state index in [2.05, 4.69) is 4.99 Å². The number of nitrogens with zero attached hydrogens (tertiary/aromatic N) is 1. The van der Waals surface area contributed by atoms with Crippen LogP contribution in [0.25, 0.3) is 0 Å². The quantitative estimate of drug-likeness (QED) is 0.528. The first-order valence-corrected chi connectivity index (χ1v) is 4.38. The average Bonchev–Trinajstić information content (AvgIpc) is 2.19. The van der Waals surface area contributed by atoms with Crippen molar-refractivity contribution in [3.63, 3.8) is 0 Å². The predicted octanol–water partition coefficient (Wildman–Crippen LogP) is 1.82. The van der Waals surface area contributed by atoms with Crippen LogP contribution in [0.4, 0.5) is 0 Å². The summed E-state index contributed by atoms with van der Waals surface area (Å²) in [6.45, 7) is 1.66. The lowest BCUT2D eigenvalue weighted by Crippen LogP contribution is -2.04. The summed E-state index contributed by atoms with van der Waals surface area (Å²) in [5.74, 6) is 0.210. The van der Waals surface area contributed by atoms with Crippen molar-refractivity contribution in [3.8, 4) is 0 Å². The molecule has 0 aliphatic carbocycles. The molecule has 74 valence electrons. The number of aliphatic imine (C=N–C) groups is 1. The summed E-state index contributed by atoms with van der Waals surface area (Å²) in [4.78, 5) is 15.1. The molecule has 3 nitrogen and oxygen atoms in total. The van der Waals surface area contributed by atoms with E-state index in [4.69, 9.17) is 4.74 Å². The first-order chi connectivity index (χ1) is 6.72. The Morgan fingerprint density at radius 2 is 2.00 bits per heavy atom. The number of amides is 1. The molecule has 0 bridgehead atoms. The third-order valence-electron chi connectivity index (χ3n) is 1.78. The van der Waals surface area contributed by atoms with Crippen molar-refractivity contribution in [2.45, 2.75) is 13.3 Å². The lowest BCUT2D eigenvalue weighted by molar-refractivity contribution is -0.117. The second-order valence-corrected chi connectivity index (χ2v) is 2.89. The van der Waals surface area contributed by atoms with Gasteiger partial charge >= 0.3 is 0 Å². The molecule has 0 fully saturated rings. The number of carbonyl (C=O) groups is 1. The van der Waals surface area contributed by atoms with Gasteiger partial charge in [0, 0.05) is 6.92 Å². The Morgan fingerprint density at radius 3 is 2.57 bits per heavy atom. The van der Waals surface area contributed by atoms with E-state index in [0.29, 0.717) is 12.3 Å². The molecule has 1 aromatic rings. The molecule has 0 N–H and O–H groups in total. The second kappa shape index (κ2) is 5.17. The standard InChI is InChI=1S/C11H13NO2/c1-9(14-2)12-11(13)8-10-6-4-3-5-7-10/h3-7H,8H2,1-2H3. The van der Waals surface area contributed by atoms with E-state index >= 15 is 0 Å². The molecule has 0 aliphatic heterocycles. The van der Waals surface area contributed by atoms with Crippen LogP contribution >= 0.6 is 0 Å². The second-order valence-electron chi connectivity index (χ2n) is 2.89. The molecule has 1 aromatic carbocycles. The van der Waals surface area contributed by atoms with Gasteiger partial charge in [0.2, 0.25) is 0 Å². The maximum atomic E-state index is 11.3. The van der Waals surface area contributed by atoms with E-state index < -0.39 is 0 Å². The zero-order chi connectivity index (χ0) is 10.4. The van der Waals surface area contributed by atoms with E-state index in [1.54, 1.807) is 6.92 Å². The summed E-state index contributed by atoms with van der Waals surface area (Å²) in [6.07, 6.45) is 0.321. The summed E-state index contributed by atoms with van der Waals surface area (Å²) in [5.41, 5.74) is 0.963. The van der Waals surface area contributed by atoms with Gasteiger partial charge in [-0.2, -0.15) is 4.99 Å². The Balaban J connectivity index is 2.58. The predicted molar refractivity (Wildman–Crippen MR) is 55.3 cm³/mol. The smallest absolute Gasteiger partial charge is 0.253 e. The number of hydrogen-bond donors (Lipinski definition) is 0. The molecule has 1 amide bonds. The first kappa shape index (κ1) is 10.4. The minimum atomic E-state index is -0.185. The van der Waals surface area contributed by atoms with Crippen molar-refractivity contribution in [3.05, 3.63) is 35.9 Å². The van der Waals surface area contributed by atoms with Crippen LogP contribution in [0, 0.1) is 0 Å². The molecule has 0 spiro atoms. The van der Waals surface area contributed by atoms with Crippen LogP contribution in [0.1, 0.15) is 12.5 Å². The van der Waals surface area contributed by atoms with E-state index in [1.165, 1.54) is 7.11 Å². The average molecular weight is 191 g/mol. The molecule has 0 saturated heterocycles. The zero-order valence-corrected chi connectivity index (χ0v) is 8.36. The van der Waals surface area contributed by atoms with Crippen molar-refractivity contribution >= 4 is 11.8 Å². The lowest BCUT2D eigenvalue weighted by Gasteiger charge is -1.98. The van der Waals surface area contributed by atoms with Crippen molar-refractivity contribution in [2.75, 3.05) is 7.11 Å². The van der Waals surface area contributed by atoms with Crippen LogP contribution in [-0.4, -0.2) is 18.9 Å². The van der Waals surface area contributed by atoms with Crippen LogP contribution in [0.15, 0.2) is 35.3 Å². The van der Waals surface area contributed by atoms with Gasteiger partial charge in [-0.3, -0.25) is 4.79 Å². The van der Waals surface area contributed by atoms with Crippen molar-refractivity contribution in [2.24, 2.45) is 4.99 Å². The summed E-state index contributed by atoms with van der Waals surface area (Å²) in [6, 6.07) is 9.51. The number of ether oxygens (including phenoxy) is 1. The molecule has 0 aliphatic rings. The highest BCUT2D eigenvalue weighted by Gasteiger charge is 2.01. The largest absolute Gasteiger partial charge is 0.484 e. The fraction of sp³-hybridized carbons (Fsp3) is 0.273. The summed E-state index contributed by atoms with van der Waals surface area (Å²) < 4.78 is 4.79. The van der Waals surface area contributed by atoms with E-state index in [-0.39, 0.29) is 5.91 Å². The van der Waals surface area contributed by atoms with Gasteiger partial charge in [0.05, 0.1) is 13.5 Å². The highest BCUT2D eigenvalue weighted by molar-refractivity contribution is 5.91. The summed E-state index contributed by atoms with van der Waals surface area (Å²) in [5, 5.41) is 0. The van der Waals surface area contributed by atoms with Gasteiger partial charge in [-0.15, -0.1) is 0 Å². The van der Waals surface area contributed by atoms with Gasteiger partial charge < -0.3 is 4.74 Å². The fourth-order valence-electron chi connectivity index (χ4n) is 1.03. The van der Waals surface area contributed by atoms with Crippen molar-refractivity contribution in [1.29, 1.82) is 0 Å². The third kappa shape index (κ3) is 3.39. The number of carbonyl (C=O) groups excluding carboxylic acids is 1. The fourth-order valence-corrected chi connectivity index (χ4v) is 1.03. The maximum Gasteiger partial charge on any atom is 0.253 e. The number of methoxy groups -OCH3 is 1. The van der Waals surface area contributed by atoms with Crippen molar-refractivity contribution < 1.29 is 9.53 Å². The van der Waals surface area contributed by atoms with E-state index in [9.17, 15) is 4.79 Å². The van der Waals surface area contributed by atoms with Crippen LogP contribution in [0.2, 0.25) is 0 Å². The molecule has 0 radical (unpaired) electrons. The van der Waals surface area contributed by atoms with Gasteiger partial charge in [-0.05, 0) is 5.56 Å². The Kier molecular flexibility index (Phi) is 3.85. The Labute approximate surface area is 83.4 Å². The molecule has 0 aromatic heterocycles. The van der Waals surface area contributed by atoms with Gasteiger partial charge in [0.15, 0.2) is 5.90 Å². The number of rotatable bonds is 2. The minimum Gasteiger partial charge on any atom is -0.484 e. The molecule has 3 heteroatoms. The van der Waals surface area contributed by atoms with Gasteiger partial charge in [0.1, 0.15) is 0 Å². The molecule has 1 rings (SSSR count). The molecule has 0 saturated carbocycles. The van der Waals surface area contributed by atoms with Gasteiger partial charge in [-0.25, -0.2) is 0 Å². The molecule has 0 atom stereocenters. The Hall–Kier alpha value is -1.64. The highest BCUT2D eigenvalue weighted by atomic mass is 16.5. The van der Waals surface area contributed by atoms with Crippen LogP contribution < -0.4 is 0 Å². The molecule has 0 heterocycles. The Morgan fingerprint density at radius 1 is 1.36 bits per heavy atom. The van der Waals surface area contributed by atoms with Crippen LogP contribution in [0.3, 0.4) is 0 Å². The highest BCUT2D eigenvalue weighted by Crippen LogP contribution is 2.00. The summed E-state index contributed by atoms with van der Waals surface area (Å²) in [7, 11) is 1.49. The zero-order valence-electron chi connectivity index (χ0n) is 8.36. The normalized spacial score (nSPS) is 11.1. The van der Waals surface area contributed by atoms with Crippen LogP contribution in [-0.2, 0) is 16.0 Å². The third-order valence-corrected chi connectivity index (χ3v) is 1.78. The Bertz CT molecular complexity index is 330. The number of hydrogen-bond acceptors (Lipinski definition) is 2. The molecule has 14 heavy (non-hydrogen) atoms. The first-order valence-electron chi connectivity index (χ1n) is 4.38. The number of benzene rings is 1. The maximum absolute atomic E-state index is 11.3. The molecular weight excluding hydrogens is 178 g/mol. The van der Waals surface area contributed by atoms with Gasteiger partial charge in [-0.1, -0.05) is 30.3 Å². The SMILES string of the molecule is COC(C)=NC(=O)Cc1ccccc1. The minimum absolute atomic E-state index is 0.185. The monoisotopic (exact) mass is 191 g/mol. The molecule has 0 unspecified atom stereocenters. The topological polar surface area (TPSA) is 38.7 Å². The van der Waals surface area contributed by atoms with Crippen molar-refractivity contribution in [1.82, 2.24) is 0 Å².